The van der Waals surface area contributed by atoms with Crippen LogP contribution in [0.2, 0.25) is 0 Å². The Labute approximate surface area is 158 Å². The zero-order valence-electron chi connectivity index (χ0n) is 15.8. The van der Waals surface area contributed by atoms with E-state index < -0.39 is 5.41 Å². The SMILES string of the molecule is CNC(=O)C1(Cc2cccc(OC)c2)CN(c2nc(N)nc3c2CCC3)C1. The average molecular weight is 367 g/mol. The Balaban J connectivity index is 1.59. The molecule has 142 valence electrons. The van der Waals surface area contributed by atoms with Crippen LogP contribution in [0.15, 0.2) is 24.3 Å². The molecule has 2 heterocycles. The molecule has 4 rings (SSSR count). The lowest BCUT2D eigenvalue weighted by Gasteiger charge is -2.50. The molecule has 1 fully saturated rings. The smallest absolute Gasteiger partial charge is 0.229 e. The summed E-state index contributed by atoms with van der Waals surface area (Å²) in [4.78, 5) is 23.8. The number of rotatable bonds is 5. The van der Waals surface area contributed by atoms with Gasteiger partial charge < -0.3 is 20.7 Å². The van der Waals surface area contributed by atoms with Crippen LogP contribution in [0.25, 0.3) is 0 Å². The topological polar surface area (TPSA) is 93.4 Å². The number of benzene rings is 1. The number of nitrogen functional groups attached to an aromatic ring is 1. The lowest BCUT2D eigenvalue weighted by molar-refractivity contribution is -0.132. The lowest BCUT2D eigenvalue weighted by Crippen LogP contribution is -2.64. The van der Waals surface area contributed by atoms with Crippen LogP contribution in [0.3, 0.4) is 0 Å². The van der Waals surface area contributed by atoms with Gasteiger partial charge in [0.25, 0.3) is 0 Å². The van der Waals surface area contributed by atoms with E-state index in [0.29, 0.717) is 25.5 Å². The number of hydrogen-bond acceptors (Lipinski definition) is 6. The summed E-state index contributed by atoms with van der Waals surface area (Å²) >= 11 is 0. The Hall–Kier alpha value is -2.83. The minimum Gasteiger partial charge on any atom is -0.497 e. The highest BCUT2D eigenvalue weighted by molar-refractivity contribution is 5.86. The average Bonchev–Trinajstić information content (AvgIpc) is 3.11. The van der Waals surface area contributed by atoms with Crippen molar-refractivity contribution in [2.45, 2.75) is 25.7 Å². The molecule has 0 radical (unpaired) electrons. The molecule has 1 saturated heterocycles. The van der Waals surface area contributed by atoms with Crippen molar-refractivity contribution in [3.8, 4) is 5.75 Å². The minimum atomic E-state index is -0.480. The molecule has 0 unspecified atom stereocenters. The van der Waals surface area contributed by atoms with Gasteiger partial charge in [0.2, 0.25) is 11.9 Å². The predicted molar refractivity (Wildman–Crippen MR) is 104 cm³/mol. The largest absolute Gasteiger partial charge is 0.497 e. The van der Waals surface area contributed by atoms with E-state index in [2.05, 4.69) is 20.2 Å². The van der Waals surface area contributed by atoms with Crippen LogP contribution in [-0.2, 0) is 24.1 Å². The van der Waals surface area contributed by atoms with Crippen molar-refractivity contribution in [2.24, 2.45) is 5.41 Å². The van der Waals surface area contributed by atoms with E-state index in [1.54, 1.807) is 14.2 Å². The summed E-state index contributed by atoms with van der Waals surface area (Å²) in [7, 11) is 3.34. The summed E-state index contributed by atoms with van der Waals surface area (Å²) in [5, 5.41) is 2.84. The van der Waals surface area contributed by atoms with Gasteiger partial charge in [-0.3, -0.25) is 4.79 Å². The molecule has 0 bridgehead atoms. The first-order valence-electron chi connectivity index (χ1n) is 9.30. The predicted octanol–water partition coefficient (Wildman–Crippen LogP) is 1.35. The molecule has 1 aromatic carbocycles. The molecule has 3 N–H and O–H groups in total. The van der Waals surface area contributed by atoms with Gasteiger partial charge in [0, 0.05) is 25.7 Å². The summed E-state index contributed by atoms with van der Waals surface area (Å²) in [6.07, 6.45) is 3.67. The molecule has 1 aromatic heterocycles. The number of fused-ring (bicyclic) bond motifs is 1. The highest BCUT2D eigenvalue weighted by Crippen LogP contribution is 2.40. The molecule has 1 aliphatic carbocycles. The first kappa shape index (κ1) is 17.6. The maximum absolute atomic E-state index is 12.7. The highest BCUT2D eigenvalue weighted by atomic mass is 16.5. The fourth-order valence-electron chi connectivity index (χ4n) is 4.30. The Bertz CT molecular complexity index is 877. The molecule has 2 aliphatic rings. The number of aromatic nitrogens is 2. The second-order valence-corrected chi connectivity index (χ2v) is 7.43. The molecular formula is C20H25N5O2. The third kappa shape index (κ3) is 3.07. The number of ether oxygens (including phenoxy) is 1. The van der Waals surface area contributed by atoms with Crippen LogP contribution in [0.4, 0.5) is 11.8 Å². The Morgan fingerprint density at radius 2 is 2.15 bits per heavy atom. The summed E-state index contributed by atoms with van der Waals surface area (Å²) in [5.41, 5.74) is 8.77. The lowest BCUT2D eigenvalue weighted by atomic mass is 9.73. The maximum atomic E-state index is 12.7. The van der Waals surface area contributed by atoms with Crippen LogP contribution >= 0.6 is 0 Å². The quantitative estimate of drug-likeness (QED) is 0.829. The number of nitrogens with zero attached hydrogens (tertiary/aromatic N) is 3. The van der Waals surface area contributed by atoms with Crippen LogP contribution in [-0.4, -0.2) is 43.1 Å². The number of nitrogens with two attached hydrogens (primary N) is 1. The van der Waals surface area contributed by atoms with Crippen molar-refractivity contribution < 1.29 is 9.53 Å². The Morgan fingerprint density at radius 1 is 1.33 bits per heavy atom. The van der Waals surface area contributed by atoms with Gasteiger partial charge in [-0.25, -0.2) is 4.98 Å². The van der Waals surface area contributed by atoms with Gasteiger partial charge >= 0.3 is 0 Å². The summed E-state index contributed by atoms with van der Waals surface area (Å²) in [6, 6.07) is 7.90. The molecule has 0 atom stereocenters. The van der Waals surface area contributed by atoms with Crippen molar-refractivity contribution >= 4 is 17.7 Å². The van der Waals surface area contributed by atoms with E-state index in [9.17, 15) is 4.79 Å². The van der Waals surface area contributed by atoms with E-state index >= 15 is 0 Å². The molecule has 1 amide bonds. The molecular weight excluding hydrogens is 342 g/mol. The summed E-state index contributed by atoms with van der Waals surface area (Å²) in [5.74, 6) is 2.08. The molecule has 7 heteroatoms. The van der Waals surface area contributed by atoms with Crippen molar-refractivity contribution in [1.29, 1.82) is 0 Å². The van der Waals surface area contributed by atoms with Crippen LogP contribution in [0.5, 0.6) is 5.75 Å². The van der Waals surface area contributed by atoms with Crippen LogP contribution < -0.4 is 20.7 Å². The summed E-state index contributed by atoms with van der Waals surface area (Å²) in [6.45, 7) is 1.24. The molecule has 1 aliphatic heterocycles. The van der Waals surface area contributed by atoms with Gasteiger partial charge in [0.15, 0.2) is 0 Å². The first-order chi connectivity index (χ1) is 13.0. The van der Waals surface area contributed by atoms with Crippen LogP contribution in [0, 0.1) is 5.41 Å². The van der Waals surface area contributed by atoms with E-state index in [1.807, 2.05) is 24.3 Å². The van der Waals surface area contributed by atoms with Crippen molar-refractivity contribution in [3.05, 3.63) is 41.1 Å². The number of carbonyl (C=O) groups is 1. The number of hydrogen-bond donors (Lipinski definition) is 2. The third-order valence-corrected chi connectivity index (χ3v) is 5.60. The molecule has 2 aromatic rings. The van der Waals surface area contributed by atoms with E-state index in [4.69, 9.17) is 10.5 Å². The second-order valence-electron chi connectivity index (χ2n) is 7.43. The molecule has 7 nitrogen and oxygen atoms in total. The number of nitrogens with one attached hydrogen (secondary N) is 1. The fourth-order valence-corrected chi connectivity index (χ4v) is 4.30. The molecule has 27 heavy (non-hydrogen) atoms. The van der Waals surface area contributed by atoms with E-state index in [0.717, 1.165) is 42.1 Å². The standard InChI is InChI=1S/C20H25N5O2/c1-22-18(26)20(10-13-5-3-6-14(9-13)27-2)11-25(12-20)17-15-7-4-8-16(15)23-19(21)24-17/h3,5-6,9H,4,7-8,10-12H2,1-2H3,(H,22,26)(H2,21,23,24). The highest BCUT2D eigenvalue weighted by Gasteiger charge is 2.50. The zero-order chi connectivity index (χ0) is 19.0. The number of carbonyl (C=O) groups excluding carboxylic acids is 1. The van der Waals surface area contributed by atoms with Crippen LogP contribution in [0.1, 0.15) is 23.2 Å². The minimum absolute atomic E-state index is 0.0558. The van der Waals surface area contributed by atoms with Crippen molar-refractivity contribution in [1.82, 2.24) is 15.3 Å². The van der Waals surface area contributed by atoms with E-state index in [1.165, 1.54) is 5.56 Å². The van der Waals surface area contributed by atoms with Crippen molar-refractivity contribution in [3.63, 3.8) is 0 Å². The monoisotopic (exact) mass is 367 g/mol. The number of aryl methyl sites for hydroxylation is 1. The van der Waals surface area contributed by atoms with E-state index in [-0.39, 0.29) is 5.91 Å². The number of amides is 1. The Kier molecular flexibility index (Phi) is 4.37. The third-order valence-electron chi connectivity index (χ3n) is 5.60. The molecule has 0 spiro atoms. The summed E-state index contributed by atoms with van der Waals surface area (Å²) < 4.78 is 5.32. The Morgan fingerprint density at radius 3 is 2.89 bits per heavy atom. The van der Waals surface area contributed by atoms with Gasteiger partial charge in [-0.2, -0.15) is 4.98 Å². The van der Waals surface area contributed by atoms with Gasteiger partial charge in [-0.15, -0.1) is 0 Å². The number of methoxy groups -OCH3 is 1. The first-order valence-corrected chi connectivity index (χ1v) is 9.30. The van der Waals surface area contributed by atoms with Gasteiger partial charge in [-0.05, 0) is 43.4 Å². The van der Waals surface area contributed by atoms with Crippen molar-refractivity contribution in [2.75, 3.05) is 37.9 Å². The number of anilines is 2. The fraction of sp³-hybridized carbons (Fsp3) is 0.450. The van der Waals surface area contributed by atoms with Gasteiger partial charge in [0.1, 0.15) is 11.6 Å². The van der Waals surface area contributed by atoms with Gasteiger partial charge in [0.05, 0.1) is 18.2 Å². The van der Waals surface area contributed by atoms with Gasteiger partial charge in [-0.1, -0.05) is 12.1 Å². The zero-order valence-corrected chi connectivity index (χ0v) is 15.8. The maximum Gasteiger partial charge on any atom is 0.229 e. The second kappa shape index (κ2) is 6.72. The normalized spacial score (nSPS) is 17.2. The molecule has 0 saturated carbocycles.